The molecule has 7 heteroatoms. The number of aryl methyl sites for hydroxylation is 1. The summed E-state index contributed by atoms with van der Waals surface area (Å²) < 4.78 is 2.29. The van der Waals surface area contributed by atoms with Gasteiger partial charge in [-0.1, -0.05) is 53.5 Å². The molecule has 2 aromatic carbocycles. The molecule has 148 valence electrons. The Morgan fingerprint density at radius 1 is 1.07 bits per heavy atom. The first kappa shape index (κ1) is 21.4. The van der Waals surface area contributed by atoms with Gasteiger partial charge < -0.3 is 9.67 Å². The van der Waals surface area contributed by atoms with Gasteiger partial charge in [-0.05, 0) is 69.9 Å². The fourth-order valence-corrected chi connectivity index (χ4v) is 3.96. The van der Waals surface area contributed by atoms with Gasteiger partial charge in [0.2, 0.25) is 0 Å². The van der Waals surface area contributed by atoms with E-state index in [-0.39, 0.29) is 16.1 Å². The number of benzene rings is 2. The SMILES string of the molecule is O=C(O)c1ccc(CCn2c(/C=C/c3cccc(Cl)c3)c(Br)cc(Cl)c2=O)cc1. The summed E-state index contributed by atoms with van der Waals surface area (Å²) in [6.07, 6.45) is 4.25. The third kappa shape index (κ3) is 5.38. The summed E-state index contributed by atoms with van der Waals surface area (Å²) >= 11 is 15.6. The maximum Gasteiger partial charge on any atom is 0.335 e. The van der Waals surface area contributed by atoms with E-state index in [9.17, 15) is 9.59 Å². The highest BCUT2D eigenvalue weighted by molar-refractivity contribution is 9.10. The number of aromatic carboxylic acids is 1. The van der Waals surface area contributed by atoms with Crippen molar-refractivity contribution < 1.29 is 9.90 Å². The zero-order chi connectivity index (χ0) is 21.0. The van der Waals surface area contributed by atoms with Crippen LogP contribution in [0.15, 0.2) is 63.9 Å². The van der Waals surface area contributed by atoms with E-state index in [1.807, 2.05) is 30.4 Å². The average molecular weight is 493 g/mol. The highest BCUT2D eigenvalue weighted by atomic mass is 79.9. The molecule has 3 rings (SSSR count). The van der Waals surface area contributed by atoms with Crippen molar-refractivity contribution in [2.45, 2.75) is 13.0 Å². The summed E-state index contributed by atoms with van der Waals surface area (Å²) in [7, 11) is 0. The molecule has 1 heterocycles. The normalized spacial score (nSPS) is 11.1. The van der Waals surface area contributed by atoms with Crippen molar-refractivity contribution in [1.82, 2.24) is 4.57 Å². The minimum atomic E-state index is -0.972. The van der Waals surface area contributed by atoms with E-state index >= 15 is 0 Å². The van der Waals surface area contributed by atoms with Crippen molar-refractivity contribution in [2.24, 2.45) is 0 Å². The fourth-order valence-electron chi connectivity index (χ4n) is 2.85. The van der Waals surface area contributed by atoms with Gasteiger partial charge in [0.25, 0.3) is 5.56 Å². The number of aromatic nitrogens is 1. The molecule has 0 atom stereocenters. The number of halogens is 3. The minimum absolute atomic E-state index is 0.123. The molecule has 0 fully saturated rings. The second-order valence-electron chi connectivity index (χ2n) is 6.32. The summed E-state index contributed by atoms with van der Waals surface area (Å²) in [6.45, 7) is 0.389. The van der Waals surface area contributed by atoms with Crippen LogP contribution in [0.1, 0.15) is 27.2 Å². The Bertz CT molecular complexity index is 1140. The Hall–Kier alpha value is -2.34. The van der Waals surface area contributed by atoms with Crippen LogP contribution >= 0.6 is 39.1 Å². The fraction of sp³-hybridized carbons (Fsp3) is 0.0909. The number of pyridine rings is 1. The summed E-state index contributed by atoms with van der Waals surface area (Å²) in [5.41, 5.74) is 2.44. The highest BCUT2D eigenvalue weighted by Crippen LogP contribution is 2.22. The molecule has 4 nitrogen and oxygen atoms in total. The molecule has 1 aromatic heterocycles. The molecule has 0 radical (unpaired) electrons. The van der Waals surface area contributed by atoms with Crippen molar-refractivity contribution >= 4 is 57.3 Å². The van der Waals surface area contributed by atoms with Gasteiger partial charge in [0, 0.05) is 16.0 Å². The lowest BCUT2D eigenvalue weighted by Gasteiger charge is -2.13. The second kappa shape index (κ2) is 9.44. The molecule has 0 amide bonds. The summed E-state index contributed by atoms with van der Waals surface area (Å²) in [6, 6.07) is 15.6. The third-order valence-electron chi connectivity index (χ3n) is 4.35. The largest absolute Gasteiger partial charge is 0.478 e. The van der Waals surface area contributed by atoms with Crippen LogP contribution in [0.25, 0.3) is 12.2 Å². The summed E-state index contributed by atoms with van der Waals surface area (Å²) in [5, 5.41) is 9.76. The molecule has 0 aliphatic carbocycles. The first-order valence-electron chi connectivity index (χ1n) is 8.70. The number of hydrogen-bond acceptors (Lipinski definition) is 2. The van der Waals surface area contributed by atoms with Crippen molar-refractivity contribution in [3.05, 3.63) is 102 Å². The van der Waals surface area contributed by atoms with Crippen LogP contribution in [-0.4, -0.2) is 15.6 Å². The van der Waals surface area contributed by atoms with E-state index < -0.39 is 5.97 Å². The molecule has 0 spiro atoms. The zero-order valence-electron chi connectivity index (χ0n) is 15.1. The van der Waals surface area contributed by atoms with Crippen LogP contribution < -0.4 is 5.56 Å². The highest BCUT2D eigenvalue weighted by Gasteiger charge is 2.11. The average Bonchev–Trinajstić information content (AvgIpc) is 2.69. The van der Waals surface area contributed by atoms with E-state index in [1.165, 1.54) is 0 Å². The number of hydrogen-bond donors (Lipinski definition) is 1. The summed E-state index contributed by atoms with van der Waals surface area (Å²) in [4.78, 5) is 23.6. The molecule has 0 bridgehead atoms. The minimum Gasteiger partial charge on any atom is -0.478 e. The van der Waals surface area contributed by atoms with Gasteiger partial charge in [0.15, 0.2) is 0 Å². The molecule has 29 heavy (non-hydrogen) atoms. The van der Waals surface area contributed by atoms with Crippen LogP contribution in [-0.2, 0) is 13.0 Å². The molecule has 0 aliphatic rings. The lowest BCUT2D eigenvalue weighted by molar-refractivity contribution is 0.0697. The second-order valence-corrected chi connectivity index (χ2v) is 8.02. The van der Waals surface area contributed by atoms with Gasteiger partial charge in [-0.15, -0.1) is 0 Å². The van der Waals surface area contributed by atoms with Gasteiger partial charge >= 0.3 is 5.97 Å². The Kier molecular flexibility index (Phi) is 6.96. The molecular formula is C22H16BrCl2NO3. The number of rotatable bonds is 6. The van der Waals surface area contributed by atoms with Crippen molar-refractivity contribution in [3.63, 3.8) is 0 Å². The number of carboxylic acids is 1. The van der Waals surface area contributed by atoms with E-state index in [0.717, 1.165) is 11.1 Å². The Labute approximate surface area is 186 Å². The Morgan fingerprint density at radius 3 is 2.45 bits per heavy atom. The molecule has 1 N–H and O–H groups in total. The molecule has 0 aliphatic heterocycles. The van der Waals surface area contributed by atoms with Crippen LogP contribution in [0.4, 0.5) is 0 Å². The topological polar surface area (TPSA) is 59.3 Å². The molecular weight excluding hydrogens is 477 g/mol. The smallest absolute Gasteiger partial charge is 0.335 e. The number of nitrogens with zero attached hydrogens (tertiary/aromatic N) is 1. The quantitative estimate of drug-likeness (QED) is 0.457. The van der Waals surface area contributed by atoms with Gasteiger partial charge in [0.05, 0.1) is 11.3 Å². The van der Waals surface area contributed by atoms with Gasteiger partial charge in [-0.3, -0.25) is 4.79 Å². The zero-order valence-corrected chi connectivity index (χ0v) is 18.2. The first-order chi connectivity index (χ1) is 13.8. The lowest BCUT2D eigenvalue weighted by Crippen LogP contribution is -2.24. The molecule has 0 saturated heterocycles. The third-order valence-corrected chi connectivity index (χ3v) is 5.49. The van der Waals surface area contributed by atoms with E-state index in [4.69, 9.17) is 28.3 Å². The first-order valence-corrected chi connectivity index (χ1v) is 10.2. The van der Waals surface area contributed by atoms with Crippen molar-refractivity contribution in [1.29, 1.82) is 0 Å². The number of carbonyl (C=O) groups is 1. The van der Waals surface area contributed by atoms with Crippen LogP contribution in [0, 0.1) is 0 Å². The maximum absolute atomic E-state index is 12.6. The number of carboxylic acid groups (broad SMARTS) is 1. The monoisotopic (exact) mass is 491 g/mol. The van der Waals surface area contributed by atoms with Crippen molar-refractivity contribution in [3.8, 4) is 0 Å². The predicted octanol–water partition coefficient (Wildman–Crippen LogP) is 6.03. The van der Waals surface area contributed by atoms with E-state index in [0.29, 0.717) is 28.2 Å². The predicted molar refractivity (Wildman–Crippen MR) is 121 cm³/mol. The Morgan fingerprint density at radius 2 is 1.79 bits per heavy atom. The maximum atomic E-state index is 12.6. The molecule has 3 aromatic rings. The Balaban J connectivity index is 1.90. The molecule has 0 saturated carbocycles. The van der Waals surface area contributed by atoms with Crippen LogP contribution in [0.5, 0.6) is 0 Å². The van der Waals surface area contributed by atoms with Crippen molar-refractivity contribution in [2.75, 3.05) is 0 Å². The van der Waals surface area contributed by atoms with E-state index in [2.05, 4.69) is 15.9 Å². The molecule has 0 unspecified atom stereocenters. The lowest BCUT2D eigenvalue weighted by atomic mass is 10.1. The van der Waals surface area contributed by atoms with Crippen LogP contribution in [0.3, 0.4) is 0 Å². The standard InChI is InChI=1S/C22H16BrCl2NO3/c23-18-13-19(25)21(27)26(11-10-14-4-7-16(8-5-14)22(28)29)20(18)9-6-15-2-1-3-17(24)12-15/h1-9,12-13H,10-11H2,(H,28,29)/b9-6+. The van der Waals surface area contributed by atoms with Crippen LogP contribution in [0.2, 0.25) is 10.0 Å². The van der Waals surface area contributed by atoms with Gasteiger partial charge in [-0.25, -0.2) is 4.79 Å². The van der Waals surface area contributed by atoms with Gasteiger partial charge in [-0.2, -0.15) is 0 Å². The van der Waals surface area contributed by atoms with E-state index in [1.54, 1.807) is 41.0 Å². The summed E-state index contributed by atoms with van der Waals surface area (Å²) in [5.74, 6) is -0.972. The van der Waals surface area contributed by atoms with Gasteiger partial charge in [0.1, 0.15) is 5.02 Å².